The van der Waals surface area contributed by atoms with E-state index in [0.717, 1.165) is 37.7 Å². The number of rotatable bonds is 8. The van der Waals surface area contributed by atoms with Gasteiger partial charge in [-0.25, -0.2) is 0 Å². The first-order valence-corrected chi connectivity index (χ1v) is 13.3. The van der Waals surface area contributed by atoms with Crippen LogP contribution in [0.4, 0.5) is 0 Å². The topological polar surface area (TPSA) is 54.4 Å². The summed E-state index contributed by atoms with van der Waals surface area (Å²) in [6.07, 6.45) is 8.34. The Hall–Kier alpha value is -0.960. The van der Waals surface area contributed by atoms with E-state index in [4.69, 9.17) is 0 Å². The summed E-state index contributed by atoms with van der Waals surface area (Å²) in [7, 11) is 0. The number of Topliss-reactive ketones (excluding diaryl/α,β-unsaturated/α-hetero) is 2. The van der Waals surface area contributed by atoms with Crippen LogP contribution in [0.15, 0.2) is 12.2 Å². The number of aliphatic hydroxyl groups is 1. The predicted octanol–water partition coefficient (Wildman–Crippen LogP) is 6.77. The van der Waals surface area contributed by atoms with Crippen LogP contribution >= 0.6 is 0 Å². The van der Waals surface area contributed by atoms with Crippen LogP contribution in [0.2, 0.25) is 0 Å². The second-order valence-electron chi connectivity index (χ2n) is 12.5. The van der Waals surface area contributed by atoms with Crippen molar-refractivity contribution in [2.75, 3.05) is 0 Å². The molecule has 0 aromatic rings. The summed E-state index contributed by atoms with van der Waals surface area (Å²) < 4.78 is 0. The second kappa shape index (κ2) is 9.72. The third-order valence-corrected chi connectivity index (χ3v) is 10.5. The average molecular weight is 445 g/mol. The largest absolute Gasteiger partial charge is 0.389 e. The number of ketones is 2. The van der Waals surface area contributed by atoms with E-state index in [0.29, 0.717) is 54.5 Å². The smallest absolute Gasteiger partial charge is 0.139 e. The van der Waals surface area contributed by atoms with Crippen LogP contribution in [0.1, 0.15) is 106 Å². The van der Waals surface area contributed by atoms with Crippen molar-refractivity contribution in [1.82, 2.24) is 0 Å². The maximum absolute atomic E-state index is 13.1. The van der Waals surface area contributed by atoms with Crippen molar-refractivity contribution in [3.63, 3.8) is 0 Å². The van der Waals surface area contributed by atoms with Gasteiger partial charge in [-0.15, -0.1) is 0 Å². The van der Waals surface area contributed by atoms with Gasteiger partial charge >= 0.3 is 0 Å². The maximum atomic E-state index is 13.1. The van der Waals surface area contributed by atoms with Crippen molar-refractivity contribution in [2.24, 2.45) is 46.3 Å². The van der Waals surface area contributed by atoms with Crippen molar-refractivity contribution in [1.29, 1.82) is 0 Å². The van der Waals surface area contributed by atoms with Crippen LogP contribution in [-0.4, -0.2) is 22.8 Å². The summed E-state index contributed by atoms with van der Waals surface area (Å²) in [4.78, 5) is 26.2. The van der Waals surface area contributed by atoms with E-state index in [1.807, 2.05) is 0 Å². The van der Waals surface area contributed by atoms with Crippen molar-refractivity contribution < 1.29 is 14.7 Å². The Balaban J connectivity index is 1.72. The molecule has 32 heavy (non-hydrogen) atoms. The summed E-state index contributed by atoms with van der Waals surface area (Å²) >= 11 is 0. The van der Waals surface area contributed by atoms with Crippen molar-refractivity contribution in [2.45, 2.75) is 112 Å². The highest BCUT2D eigenvalue weighted by atomic mass is 16.3. The molecule has 8 atom stereocenters. The van der Waals surface area contributed by atoms with E-state index in [9.17, 15) is 14.7 Å². The van der Waals surface area contributed by atoms with Crippen LogP contribution in [-0.2, 0) is 9.59 Å². The lowest BCUT2D eigenvalue weighted by atomic mass is 9.52. The molecule has 0 heterocycles. The van der Waals surface area contributed by atoms with E-state index in [1.165, 1.54) is 12.8 Å². The highest BCUT2D eigenvalue weighted by Crippen LogP contribution is 2.57. The number of aliphatic hydroxyl groups excluding tert-OH is 1. The first-order valence-electron chi connectivity index (χ1n) is 13.3. The van der Waals surface area contributed by atoms with Crippen molar-refractivity contribution in [3.05, 3.63) is 12.2 Å². The lowest BCUT2D eigenvalue weighted by molar-refractivity contribution is -0.137. The van der Waals surface area contributed by atoms with E-state index in [-0.39, 0.29) is 22.7 Å². The summed E-state index contributed by atoms with van der Waals surface area (Å²) in [5.74, 6) is 3.40. The minimum Gasteiger partial charge on any atom is -0.389 e. The Morgan fingerprint density at radius 2 is 1.72 bits per heavy atom. The van der Waals surface area contributed by atoms with Gasteiger partial charge in [0.1, 0.15) is 11.6 Å². The molecule has 3 saturated carbocycles. The molecule has 0 amide bonds. The highest BCUT2D eigenvalue weighted by molar-refractivity contribution is 5.87. The molecule has 1 N–H and O–H groups in total. The molecule has 182 valence electrons. The number of fused-ring (bicyclic) bond motifs is 1. The maximum Gasteiger partial charge on any atom is 0.139 e. The van der Waals surface area contributed by atoms with Gasteiger partial charge in [0.2, 0.25) is 0 Å². The van der Waals surface area contributed by atoms with E-state index < -0.39 is 6.10 Å². The lowest BCUT2D eigenvalue weighted by Crippen LogP contribution is -2.49. The normalized spacial score (nSPS) is 39.9. The SMILES string of the molecule is C=C1C2CCC(=O)C(CC[C@@]3(C)C(=O)CC[C@@H]3C(C)CC[C@@H](C)C(C)C)[C@@]2(C)CC[C@@H]1O. The van der Waals surface area contributed by atoms with Gasteiger partial charge in [-0.1, -0.05) is 61.0 Å². The molecular formula is C29H48O3. The third kappa shape index (κ3) is 4.65. The fraction of sp³-hybridized carbons (Fsp3) is 0.862. The minimum atomic E-state index is -0.422. The zero-order valence-electron chi connectivity index (χ0n) is 21.6. The molecule has 3 nitrogen and oxygen atoms in total. The van der Waals surface area contributed by atoms with Gasteiger partial charge in [-0.3, -0.25) is 9.59 Å². The van der Waals surface area contributed by atoms with Crippen LogP contribution in [0, 0.1) is 46.3 Å². The van der Waals surface area contributed by atoms with Gasteiger partial charge < -0.3 is 5.11 Å². The zero-order chi connectivity index (χ0) is 23.8. The molecule has 0 aliphatic heterocycles. The Bertz CT molecular complexity index is 724. The number of carbonyl (C=O) groups excluding carboxylic acids is 2. The van der Waals surface area contributed by atoms with Crippen molar-refractivity contribution >= 4 is 11.6 Å². The van der Waals surface area contributed by atoms with Gasteiger partial charge in [0.05, 0.1) is 6.10 Å². The average Bonchev–Trinajstić information content (AvgIpc) is 3.03. The highest BCUT2D eigenvalue weighted by Gasteiger charge is 2.53. The Labute approximate surface area is 196 Å². The minimum absolute atomic E-state index is 0.00681. The molecule has 0 aromatic carbocycles. The lowest BCUT2D eigenvalue weighted by Gasteiger charge is -2.52. The molecule has 3 heteroatoms. The molecule has 3 aliphatic carbocycles. The molecule has 0 bridgehead atoms. The molecule has 0 spiro atoms. The van der Waals surface area contributed by atoms with Crippen LogP contribution in [0.3, 0.4) is 0 Å². The Kier molecular flexibility index (Phi) is 7.80. The van der Waals surface area contributed by atoms with Crippen LogP contribution < -0.4 is 0 Å². The Morgan fingerprint density at radius 3 is 2.38 bits per heavy atom. The number of hydrogen-bond acceptors (Lipinski definition) is 3. The molecule has 3 unspecified atom stereocenters. The van der Waals surface area contributed by atoms with Gasteiger partial charge in [0.25, 0.3) is 0 Å². The molecular weight excluding hydrogens is 396 g/mol. The summed E-state index contributed by atoms with van der Waals surface area (Å²) in [5, 5.41) is 10.4. The number of hydrogen-bond donors (Lipinski definition) is 1. The molecule has 3 aliphatic rings. The first kappa shape index (κ1) is 25.7. The van der Waals surface area contributed by atoms with Crippen LogP contribution in [0.25, 0.3) is 0 Å². The molecule has 3 fully saturated rings. The zero-order valence-corrected chi connectivity index (χ0v) is 21.6. The molecule has 0 radical (unpaired) electrons. The summed E-state index contributed by atoms with van der Waals surface area (Å²) in [6.45, 7) is 18.0. The van der Waals surface area contributed by atoms with E-state index in [1.54, 1.807) is 0 Å². The summed E-state index contributed by atoms with van der Waals surface area (Å²) in [6, 6.07) is 0. The quantitative estimate of drug-likeness (QED) is 0.420. The second-order valence-corrected chi connectivity index (χ2v) is 12.5. The molecule has 0 aromatic heterocycles. The fourth-order valence-electron chi connectivity index (χ4n) is 7.55. The van der Waals surface area contributed by atoms with Crippen LogP contribution in [0.5, 0.6) is 0 Å². The Morgan fingerprint density at radius 1 is 1.03 bits per heavy atom. The van der Waals surface area contributed by atoms with Crippen molar-refractivity contribution in [3.8, 4) is 0 Å². The van der Waals surface area contributed by atoms with Gasteiger partial charge in [-0.05, 0) is 79.1 Å². The monoisotopic (exact) mass is 444 g/mol. The predicted molar refractivity (Wildman–Crippen MR) is 131 cm³/mol. The fourth-order valence-corrected chi connectivity index (χ4v) is 7.55. The first-order chi connectivity index (χ1) is 14.9. The van der Waals surface area contributed by atoms with Gasteiger partial charge in [0, 0.05) is 24.2 Å². The van der Waals surface area contributed by atoms with Gasteiger partial charge in [0.15, 0.2) is 0 Å². The standard InChI is InChI=1S/C29H48O3/c1-18(2)19(3)8-9-20(4)22-11-13-27(32)29(22,7)16-14-24-26(31)12-10-23-21(5)25(30)15-17-28(23,24)6/h18-20,22-25,30H,5,8-17H2,1-4,6-7H3/t19-,20?,22-,23?,24?,25+,28+,29-/m1/s1. The summed E-state index contributed by atoms with van der Waals surface area (Å²) in [5.41, 5.74) is 0.525. The third-order valence-electron chi connectivity index (χ3n) is 10.5. The van der Waals surface area contributed by atoms with E-state index in [2.05, 4.69) is 48.1 Å². The van der Waals surface area contributed by atoms with E-state index >= 15 is 0 Å². The van der Waals surface area contributed by atoms with Gasteiger partial charge in [-0.2, -0.15) is 0 Å². The molecule has 0 saturated heterocycles. The molecule has 3 rings (SSSR count). The number of carbonyl (C=O) groups is 2.